The number of piperazine rings is 1. The summed E-state index contributed by atoms with van der Waals surface area (Å²) in [5.74, 6) is 0.129. The molecule has 2 heterocycles. The summed E-state index contributed by atoms with van der Waals surface area (Å²) in [4.78, 5) is 16.3. The van der Waals surface area contributed by atoms with Crippen LogP contribution in [0.1, 0.15) is 0 Å². The summed E-state index contributed by atoms with van der Waals surface area (Å²) >= 11 is 0. The van der Waals surface area contributed by atoms with E-state index < -0.39 is 15.8 Å². The molecule has 0 atom stereocenters. The van der Waals surface area contributed by atoms with Crippen molar-refractivity contribution in [2.24, 2.45) is 0 Å². The minimum absolute atomic E-state index is 0.258. The Morgan fingerprint density at radius 2 is 1.74 bits per heavy atom. The van der Waals surface area contributed by atoms with Crippen LogP contribution in [-0.2, 0) is 10.0 Å². The summed E-state index contributed by atoms with van der Waals surface area (Å²) < 4.78 is 37.2. The lowest BCUT2D eigenvalue weighted by molar-refractivity contribution is 0.384. The predicted molar refractivity (Wildman–Crippen MR) is 101 cm³/mol. The third-order valence-corrected chi connectivity index (χ3v) is 6.62. The number of anilines is 1. The number of aromatic amines is 1. The molecular formula is C18H19N3O5S. The first-order valence-electron chi connectivity index (χ1n) is 8.49. The number of H-pyrrole nitrogens is 1. The molecule has 1 saturated heterocycles. The Bertz CT molecular complexity index is 1110. The fraction of sp³-hybridized carbons (Fsp3) is 0.278. The van der Waals surface area contributed by atoms with Crippen molar-refractivity contribution >= 4 is 26.8 Å². The van der Waals surface area contributed by atoms with Crippen LogP contribution in [0.15, 0.2) is 56.6 Å². The molecule has 4 rings (SSSR count). The van der Waals surface area contributed by atoms with Gasteiger partial charge in [0.05, 0.1) is 17.5 Å². The molecule has 0 bridgehead atoms. The lowest BCUT2D eigenvalue weighted by atomic mass is 10.2. The third kappa shape index (κ3) is 3.31. The van der Waals surface area contributed by atoms with Crippen molar-refractivity contribution in [3.05, 3.63) is 53.0 Å². The summed E-state index contributed by atoms with van der Waals surface area (Å²) in [6, 6.07) is 11.9. The number of aromatic nitrogens is 1. The van der Waals surface area contributed by atoms with E-state index in [0.29, 0.717) is 43.0 Å². The van der Waals surface area contributed by atoms with Crippen molar-refractivity contribution in [1.29, 1.82) is 0 Å². The van der Waals surface area contributed by atoms with Gasteiger partial charge in [0.1, 0.15) is 5.75 Å². The molecule has 1 N–H and O–H groups in total. The number of hydrogen-bond donors (Lipinski definition) is 1. The highest BCUT2D eigenvalue weighted by molar-refractivity contribution is 7.89. The zero-order valence-corrected chi connectivity index (χ0v) is 15.5. The standard InChI is InChI=1S/C18H19N3O5S/c1-25-14-3-5-15(6-4-14)27(23,24)21-10-8-20(9-11-21)13-2-7-17-16(12-13)19-18(22)26-17/h2-7,12H,8-11H2,1H3,(H,19,22). The molecule has 1 fully saturated rings. The minimum atomic E-state index is -3.54. The molecule has 0 spiro atoms. The first-order chi connectivity index (χ1) is 13.0. The largest absolute Gasteiger partial charge is 0.497 e. The van der Waals surface area contributed by atoms with Crippen LogP contribution >= 0.6 is 0 Å². The van der Waals surface area contributed by atoms with Crippen molar-refractivity contribution in [3.63, 3.8) is 0 Å². The number of benzene rings is 2. The van der Waals surface area contributed by atoms with Gasteiger partial charge in [0.2, 0.25) is 10.0 Å². The van der Waals surface area contributed by atoms with Gasteiger partial charge in [-0.1, -0.05) is 0 Å². The van der Waals surface area contributed by atoms with Crippen molar-refractivity contribution in [1.82, 2.24) is 9.29 Å². The SMILES string of the molecule is COc1ccc(S(=O)(=O)N2CCN(c3ccc4oc(=O)[nH]c4c3)CC2)cc1. The zero-order chi connectivity index (χ0) is 19.0. The Morgan fingerprint density at radius 3 is 2.41 bits per heavy atom. The van der Waals surface area contributed by atoms with E-state index in [1.165, 1.54) is 4.31 Å². The molecule has 142 valence electrons. The van der Waals surface area contributed by atoms with Gasteiger partial charge >= 0.3 is 5.76 Å². The Balaban J connectivity index is 1.49. The zero-order valence-electron chi connectivity index (χ0n) is 14.7. The van der Waals surface area contributed by atoms with Crippen molar-refractivity contribution in [2.75, 3.05) is 38.2 Å². The van der Waals surface area contributed by atoms with Gasteiger partial charge in [-0.3, -0.25) is 4.98 Å². The number of nitrogens with one attached hydrogen (secondary N) is 1. The number of fused-ring (bicyclic) bond motifs is 1. The molecule has 27 heavy (non-hydrogen) atoms. The van der Waals surface area contributed by atoms with E-state index in [9.17, 15) is 13.2 Å². The number of ether oxygens (including phenoxy) is 1. The Labute approximate surface area is 156 Å². The van der Waals surface area contributed by atoms with E-state index in [4.69, 9.17) is 9.15 Å². The van der Waals surface area contributed by atoms with Crippen LogP contribution in [0, 0.1) is 0 Å². The highest BCUT2D eigenvalue weighted by Crippen LogP contribution is 2.24. The first-order valence-corrected chi connectivity index (χ1v) is 9.93. The van der Waals surface area contributed by atoms with Crippen LogP contribution in [0.3, 0.4) is 0 Å². The van der Waals surface area contributed by atoms with Crippen LogP contribution in [0.5, 0.6) is 5.75 Å². The number of oxazole rings is 1. The van der Waals surface area contributed by atoms with Crippen molar-refractivity contribution in [2.45, 2.75) is 4.90 Å². The van der Waals surface area contributed by atoms with Gasteiger partial charge in [0.15, 0.2) is 5.58 Å². The quantitative estimate of drug-likeness (QED) is 0.729. The smallest absolute Gasteiger partial charge is 0.417 e. The van der Waals surface area contributed by atoms with Gasteiger partial charge < -0.3 is 14.1 Å². The molecule has 0 radical (unpaired) electrons. The van der Waals surface area contributed by atoms with E-state index in [1.54, 1.807) is 37.4 Å². The summed E-state index contributed by atoms with van der Waals surface area (Å²) in [5.41, 5.74) is 2.05. The fourth-order valence-electron chi connectivity index (χ4n) is 3.22. The normalized spacial score (nSPS) is 16.0. The van der Waals surface area contributed by atoms with Gasteiger partial charge in [-0.15, -0.1) is 0 Å². The fourth-order valence-corrected chi connectivity index (χ4v) is 4.64. The molecule has 1 aliphatic heterocycles. The molecule has 1 aliphatic rings. The molecule has 0 unspecified atom stereocenters. The minimum Gasteiger partial charge on any atom is -0.497 e. The van der Waals surface area contributed by atoms with E-state index in [0.717, 1.165) is 5.69 Å². The summed E-state index contributed by atoms with van der Waals surface area (Å²) in [6.45, 7) is 1.88. The maximum absolute atomic E-state index is 12.8. The molecule has 3 aromatic rings. The predicted octanol–water partition coefficient (Wildman–Crippen LogP) is 1.64. The molecule has 9 heteroatoms. The monoisotopic (exact) mass is 389 g/mol. The van der Waals surface area contributed by atoms with Crippen LogP contribution < -0.4 is 15.4 Å². The van der Waals surface area contributed by atoms with E-state index in [-0.39, 0.29) is 4.90 Å². The Morgan fingerprint density at radius 1 is 1.04 bits per heavy atom. The van der Waals surface area contributed by atoms with Crippen LogP contribution in [0.4, 0.5) is 5.69 Å². The second-order valence-electron chi connectivity index (χ2n) is 6.26. The second-order valence-corrected chi connectivity index (χ2v) is 8.20. The second kappa shape index (κ2) is 6.75. The van der Waals surface area contributed by atoms with Gasteiger partial charge in [0.25, 0.3) is 0 Å². The number of nitrogens with zero attached hydrogens (tertiary/aromatic N) is 2. The lowest BCUT2D eigenvalue weighted by Gasteiger charge is -2.35. The first kappa shape index (κ1) is 17.6. The van der Waals surface area contributed by atoms with Crippen molar-refractivity contribution in [3.8, 4) is 5.75 Å². The van der Waals surface area contributed by atoms with Crippen molar-refractivity contribution < 1.29 is 17.6 Å². The van der Waals surface area contributed by atoms with Gasteiger partial charge in [0, 0.05) is 31.9 Å². The molecule has 0 aliphatic carbocycles. The lowest BCUT2D eigenvalue weighted by Crippen LogP contribution is -2.48. The number of sulfonamides is 1. The average molecular weight is 389 g/mol. The van der Waals surface area contributed by atoms with Crippen LogP contribution in [0.2, 0.25) is 0 Å². The summed E-state index contributed by atoms with van der Waals surface area (Å²) in [6.07, 6.45) is 0. The van der Waals surface area contributed by atoms with E-state index in [1.807, 2.05) is 12.1 Å². The van der Waals surface area contributed by atoms with Crippen LogP contribution in [-0.4, -0.2) is 51.0 Å². The summed E-state index contributed by atoms with van der Waals surface area (Å²) in [5, 5.41) is 0. The molecular weight excluding hydrogens is 370 g/mol. The Kier molecular flexibility index (Phi) is 4.40. The van der Waals surface area contributed by atoms with Gasteiger partial charge in [-0.25, -0.2) is 13.2 Å². The van der Waals surface area contributed by atoms with Gasteiger partial charge in [-0.05, 0) is 42.5 Å². The van der Waals surface area contributed by atoms with Crippen LogP contribution in [0.25, 0.3) is 11.1 Å². The number of hydrogen-bond acceptors (Lipinski definition) is 6. The number of rotatable bonds is 4. The topological polar surface area (TPSA) is 95.8 Å². The van der Waals surface area contributed by atoms with E-state index >= 15 is 0 Å². The highest BCUT2D eigenvalue weighted by Gasteiger charge is 2.28. The van der Waals surface area contributed by atoms with Gasteiger partial charge in [-0.2, -0.15) is 4.31 Å². The molecule has 1 aromatic heterocycles. The molecule has 2 aromatic carbocycles. The third-order valence-electron chi connectivity index (χ3n) is 4.70. The molecule has 8 nitrogen and oxygen atoms in total. The van der Waals surface area contributed by atoms with E-state index in [2.05, 4.69) is 9.88 Å². The average Bonchev–Trinajstić information content (AvgIpc) is 3.07. The Hall–Kier alpha value is -2.78. The summed E-state index contributed by atoms with van der Waals surface area (Å²) in [7, 11) is -1.99. The molecule has 0 saturated carbocycles. The maximum Gasteiger partial charge on any atom is 0.417 e. The number of methoxy groups -OCH3 is 1. The highest BCUT2D eigenvalue weighted by atomic mass is 32.2. The maximum atomic E-state index is 12.8. The molecule has 0 amide bonds.